The van der Waals surface area contributed by atoms with Crippen LogP contribution in [0.1, 0.15) is 41.4 Å². The molecule has 2 aromatic carbocycles. The van der Waals surface area contributed by atoms with E-state index in [0.29, 0.717) is 17.8 Å². The molecule has 0 bridgehead atoms. The zero-order valence-electron chi connectivity index (χ0n) is 21.3. The van der Waals surface area contributed by atoms with E-state index in [1.165, 1.54) is 0 Å². The Kier molecular flexibility index (Phi) is 10.3. The molecule has 1 N–H and O–H groups in total. The van der Waals surface area contributed by atoms with E-state index >= 15 is 4.39 Å². The molecule has 42 heavy (non-hydrogen) atoms. The minimum absolute atomic E-state index is 0.0118. The number of rotatable bonds is 11. The minimum Gasteiger partial charge on any atom is -0.465 e. The quantitative estimate of drug-likeness (QED) is 0.0574. The average molecular weight is 651 g/mol. The first-order valence-electron chi connectivity index (χ1n) is 11.7. The molecular weight excluding hydrogens is 632 g/mol. The predicted octanol–water partition coefficient (Wildman–Crippen LogP) is 7.49. The molecule has 0 aliphatic carbocycles. The first-order chi connectivity index (χ1) is 19.5. The number of hydrogen-bond acceptors (Lipinski definition) is 7. The number of alkyl halides is 4. The van der Waals surface area contributed by atoms with Gasteiger partial charge >= 0.3 is 25.6 Å². The van der Waals surface area contributed by atoms with E-state index in [1.54, 1.807) is 6.92 Å². The summed E-state index contributed by atoms with van der Waals surface area (Å²) in [7, 11) is -5.14. The highest BCUT2D eigenvalue weighted by Gasteiger charge is 2.43. The number of halogens is 9. The number of thiophene rings is 1. The van der Waals surface area contributed by atoms with Crippen LogP contribution in [-0.4, -0.2) is 37.4 Å². The molecule has 3 unspecified atom stereocenters. The maximum absolute atomic E-state index is 15.6. The fraction of sp³-hybridized carbons (Fsp3) is 0.333. The van der Waals surface area contributed by atoms with Gasteiger partial charge in [0.15, 0.2) is 6.61 Å². The van der Waals surface area contributed by atoms with Gasteiger partial charge in [0.2, 0.25) is 40.7 Å². The van der Waals surface area contributed by atoms with E-state index < -0.39 is 89.5 Å². The number of nitrogens with one attached hydrogen (secondary N) is 1. The average Bonchev–Trinajstić information content (AvgIpc) is 3.37. The number of esters is 2. The zero-order valence-corrected chi connectivity index (χ0v) is 23.0. The molecule has 0 fully saturated rings. The van der Waals surface area contributed by atoms with E-state index in [0.717, 1.165) is 31.2 Å². The summed E-state index contributed by atoms with van der Waals surface area (Å²) >= 11 is 0.582. The molecule has 0 saturated carbocycles. The van der Waals surface area contributed by atoms with Gasteiger partial charge < -0.3 is 14.0 Å². The van der Waals surface area contributed by atoms with Gasteiger partial charge in [-0.3, -0.25) is 9.36 Å². The van der Waals surface area contributed by atoms with Crippen molar-refractivity contribution in [3.63, 3.8) is 0 Å². The zero-order chi connectivity index (χ0) is 31.6. The van der Waals surface area contributed by atoms with Crippen LogP contribution < -0.4 is 9.82 Å². The molecule has 3 atom stereocenters. The monoisotopic (exact) mass is 651 g/mol. The Morgan fingerprint density at radius 3 is 2.17 bits per heavy atom. The van der Waals surface area contributed by atoms with E-state index in [4.69, 9.17) is 4.74 Å². The lowest BCUT2D eigenvalue weighted by Gasteiger charge is -2.26. The van der Waals surface area contributed by atoms with Gasteiger partial charge in [0.1, 0.15) is 10.9 Å². The summed E-state index contributed by atoms with van der Waals surface area (Å²) in [6, 6.07) is 2.49. The number of carbonyl (C=O) groups is 2. The Morgan fingerprint density at radius 1 is 1.00 bits per heavy atom. The third kappa shape index (κ3) is 7.43. The molecule has 3 rings (SSSR count). The van der Waals surface area contributed by atoms with Gasteiger partial charge in [0, 0.05) is 4.70 Å². The number of carbonyl (C=O) groups excluding carboxylic acids is 2. The topological polar surface area (TPSA) is 90.9 Å². The normalized spacial score (nSPS) is 14.8. The summed E-state index contributed by atoms with van der Waals surface area (Å²) in [4.78, 5) is 24.0. The van der Waals surface area contributed by atoms with Crippen molar-refractivity contribution in [3.05, 3.63) is 63.8 Å². The summed E-state index contributed by atoms with van der Waals surface area (Å²) in [6.07, 6.45) is -4.63. The molecule has 3 aromatic rings. The molecule has 0 saturated heterocycles. The predicted molar refractivity (Wildman–Crippen MR) is 130 cm³/mol. The second kappa shape index (κ2) is 13.0. The fourth-order valence-corrected chi connectivity index (χ4v) is 6.10. The molecule has 18 heteroatoms. The Morgan fingerprint density at radius 2 is 1.60 bits per heavy atom. The Labute approximate surface area is 235 Å². The van der Waals surface area contributed by atoms with Gasteiger partial charge in [-0.25, -0.2) is 27.4 Å². The van der Waals surface area contributed by atoms with E-state index in [9.17, 15) is 49.3 Å². The second-order valence-electron chi connectivity index (χ2n) is 8.54. The summed E-state index contributed by atoms with van der Waals surface area (Å²) in [5.41, 5.74) is -0.521. The number of hydrogen-bond donors (Lipinski definition) is 1. The van der Waals surface area contributed by atoms with Crippen LogP contribution in [0.15, 0.2) is 24.3 Å². The lowest BCUT2D eigenvalue weighted by atomic mass is 10.2. The maximum Gasteiger partial charge on any atom is 0.412 e. The van der Waals surface area contributed by atoms with Crippen LogP contribution in [0.2, 0.25) is 0 Å². The number of ether oxygens (including phenoxy) is 2. The SMILES string of the molecule is CCCOC(=O)C(C)NP(=O)(OCC(F)(F)F)C(F)c1ccc2sc(C(=O)Oc3c(F)c(F)c(F)c(F)c3F)cc2c1. The van der Waals surface area contributed by atoms with Crippen molar-refractivity contribution >= 4 is 40.9 Å². The highest BCUT2D eigenvalue weighted by molar-refractivity contribution is 7.57. The highest BCUT2D eigenvalue weighted by Crippen LogP contribution is 2.59. The lowest BCUT2D eigenvalue weighted by molar-refractivity contribution is -0.154. The summed E-state index contributed by atoms with van der Waals surface area (Å²) in [5, 5.41) is 1.94. The Bertz CT molecular complexity index is 1520. The van der Waals surface area contributed by atoms with Crippen LogP contribution in [-0.2, 0) is 18.6 Å². The van der Waals surface area contributed by atoms with E-state index in [2.05, 4.69) is 9.26 Å². The van der Waals surface area contributed by atoms with Gasteiger partial charge in [-0.2, -0.15) is 22.0 Å². The minimum atomic E-state index is -5.14. The Balaban J connectivity index is 1.91. The van der Waals surface area contributed by atoms with Gasteiger partial charge in [-0.15, -0.1) is 11.3 Å². The lowest BCUT2D eigenvalue weighted by Crippen LogP contribution is -2.35. The first kappa shape index (κ1) is 33.4. The van der Waals surface area contributed by atoms with E-state index in [-0.39, 0.29) is 16.7 Å². The highest BCUT2D eigenvalue weighted by atomic mass is 32.1. The molecule has 1 aromatic heterocycles. The molecule has 0 aliphatic heterocycles. The van der Waals surface area contributed by atoms with Crippen LogP contribution >= 0.6 is 18.9 Å². The van der Waals surface area contributed by atoms with Gasteiger partial charge in [0.25, 0.3) is 0 Å². The molecular formula is C24H19F9NO6PS. The summed E-state index contributed by atoms with van der Waals surface area (Å²) in [5.74, 6) is -19.2. The van der Waals surface area contributed by atoms with Crippen LogP contribution in [0.3, 0.4) is 0 Å². The Hall–Kier alpha value is -3.14. The van der Waals surface area contributed by atoms with Crippen molar-refractivity contribution in [2.45, 2.75) is 38.4 Å². The molecule has 0 radical (unpaired) electrons. The van der Waals surface area contributed by atoms with Gasteiger partial charge in [0.05, 0.1) is 6.61 Å². The van der Waals surface area contributed by atoms with Crippen molar-refractivity contribution in [2.24, 2.45) is 0 Å². The second-order valence-corrected chi connectivity index (χ2v) is 11.8. The number of fused-ring (bicyclic) bond motifs is 1. The standard InChI is InChI=1S/C24H19F9NO6PS/c1-3-6-38-22(35)10(2)34-41(37,39-9-24(31,32)33)21(30)11-4-5-13-12(7-11)8-14(42-13)23(36)40-20-18(28)16(26)15(25)17(27)19(20)29/h4-5,7-8,10,21H,3,6,9H2,1-2H3,(H,34,37). The van der Waals surface area contributed by atoms with Crippen molar-refractivity contribution in [1.82, 2.24) is 5.09 Å². The van der Waals surface area contributed by atoms with Crippen molar-refractivity contribution in [2.75, 3.05) is 13.2 Å². The van der Waals surface area contributed by atoms with Crippen LogP contribution in [0.4, 0.5) is 39.5 Å². The molecule has 0 spiro atoms. The molecule has 230 valence electrons. The summed E-state index contributed by atoms with van der Waals surface area (Å²) in [6.45, 7) is 0.522. The summed E-state index contributed by atoms with van der Waals surface area (Å²) < 4.78 is 149. The number of benzene rings is 2. The van der Waals surface area contributed by atoms with Gasteiger partial charge in [-0.05, 0) is 42.5 Å². The van der Waals surface area contributed by atoms with Crippen molar-refractivity contribution in [1.29, 1.82) is 0 Å². The molecule has 0 aliphatic rings. The maximum atomic E-state index is 15.6. The van der Waals surface area contributed by atoms with Crippen LogP contribution in [0.25, 0.3) is 10.1 Å². The molecule has 7 nitrogen and oxygen atoms in total. The van der Waals surface area contributed by atoms with E-state index in [1.807, 2.05) is 5.09 Å². The van der Waals surface area contributed by atoms with Crippen LogP contribution in [0, 0.1) is 29.1 Å². The third-order valence-electron chi connectivity index (χ3n) is 5.27. The first-order valence-corrected chi connectivity index (χ1v) is 14.2. The van der Waals surface area contributed by atoms with Crippen molar-refractivity contribution in [3.8, 4) is 5.75 Å². The molecule has 0 amide bonds. The van der Waals surface area contributed by atoms with Crippen LogP contribution in [0.5, 0.6) is 5.75 Å². The fourth-order valence-electron chi connectivity index (χ4n) is 3.31. The van der Waals surface area contributed by atoms with Gasteiger partial charge in [-0.1, -0.05) is 13.0 Å². The van der Waals surface area contributed by atoms with Crippen molar-refractivity contribution < 1.29 is 67.7 Å². The largest absolute Gasteiger partial charge is 0.465 e. The molecule has 1 heterocycles. The third-order valence-corrected chi connectivity index (χ3v) is 8.53. The smallest absolute Gasteiger partial charge is 0.412 e.